The maximum atomic E-state index is 12.8. The lowest BCUT2D eigenvalue weighted by molar-refractivity contribution is -0.119. The normalized spacial score (nSPS) is 10.0. The summed E-state index contributed by atoms with van der Waals surface area (Å²) in [5, 5.41) is 2.55. The Labute approximate surface area is 103 Å². The molecule has 0 aliphatic carbocycles. The SMILES string of the molecule is NC(=S)CC(=O)NCCc1cc(F)cc(F)c1. The lowest BCUT2D eigenvalue weighted by Crippen LogP contribution is -2.29. The lowest BCUT2D eigenvalue weighted by Gasteiger charge is -2.05. The Morgan fingerprint density at radius 2 is 1.88 bits per heavy atom. The standard InChI is InChI=1S/C11H12F2N2OS/c12-8-3-7(4-9(13)5-8)1-2-15-11(16)6-10(14)17/h3-5H,1-2,6H2,(H2,14,17)(H,15,16). The van der Waals surface area contributed by atoms with Gasteiger partial charge in [0, 0.05) is 12.6 Å². The van der Waals surface area contributed by atoms with Gasteiger partial charge in [0.05, 0.1) is 11.4 Å². The Morgan fingerprint density at radius 3 is 2.41 bits per heavy atom. The van der Waals surface area contributed by atoms with E-state index in [1.807, 2.05) is 0 Å². The minimum Gasteiger partial charge on any atom is -0.393 e. The van der Waals surface area contributed by atoms with Crippen LogP contribution in [0.5, 0.6) is 0 Å². The second-order valence-corrected chi connectivity index (χ2v) is 4.05. The van der Waals surface area contributed by atoms with Gasteiger partial charge >= 0.3 is 0 Å². The Hall–Kier alpha value is -1.56. The van der Waals surface area contributed by atoms with Crippen LogP contribution >= 0.6 is 12.2 Å². The minimum absolute atomic E-state index is 0.0210. The van der Waals surface area contributed by atoms with Crippen molar-refractivity contribution in [3.05, 3.63) is 35.4 Å². The third kappa shape index (κ3) is 5.35. The largest absolute Gasteiger partial charge is 0.393 e. The fourth-order valence-electron chi connectivity index (χ4n) is 1.32. The van der Waals surface area contributed by atoms with Crippen molar-refractivity contribution in [3.8, 4) is 0 Å². The highest BCUT2D eigenvalue weighted by Gasteiger charge is 2.04. The monoisotopic (exact) mass is 258 g/mol. The van der Waals surface area contributed by atoms with Crippen LogP contribution in [0.4, 0.5) is 8.78 Å². The first-order valence-electron chi connectivity index (χ1n) is 4.97. The summed E-state index contributed by atoms with van der Waals surface area (Å²) in [7, 11) is 0. The van der Waals surface area contributed by atoms with Gasteiger partial charge in [-0.2, -0.15) is 0 Å². The van der Waals surface area contributed by atoms with Gasteiger partial charge in [0.1, 0.15) is 11.6 Å². The summed E-state index contributed by atoms with van der Waals surface area (Å²) in [5.41, 5.74) is 5.67. The molecule has 1 aromatic rings. The summed E-state index contributed by atoms with van der Waals surface area (Å²) in [4.78, 5) is 11.3. The number of carbonyl (C=O) groups is 1. The fraction of sp³-hybridized carbons (Fsp3) is 0.273. The molecular formula is C11H12F2N2OS. The highest BCUT2D eigenvalue weighted by atomic mass is 32.1. The second kappa shape index (κ2) is 6.24. The van der Waals surface area contributed by atoms with E-state index in [9.17, 15) is 13.6 Å². The molecule has 0 bridgehead atoms. The van der Waals surface area contributed by atoms with Gasteiger partial charge in [0.25, 0.3) is 0 Å². The second-order valence-electron chi connectivity index (χ2n) is 3.52. The van der Waals surface area contributed by atoms with Crippen LogP contribution in [0.1, 0.15) is 12.0 Å². The molecule has 0 atom stereocenters. The Kier molecular flexibility index (Phi) is 4.96. The van der Waals surface area contributed by atoms with Crippen molar-refractivity contribution >= 4 is 23.1 Å². The first-order valence-corrected chi connectivity index (χ1v) is 5.38. The Bertz CT molecular complexity index is 417. The zero-order chi connectivity index (χ0) is 12.8. The van der Waals surface area contributed by atoms with E-state index in [0.29, 0.717) is 12.0 Å². The van der Waals surface area contributed by atoms with Gasteiger partial charge in [-0.1, -0.05) is 12.2 Å². The van der Waals surface area contributed by atoms with E-state index in [4.69, 9.17) is 5.73 Å². The van der Waals surface area contributed by atoms with Crippen molar-refractivity contribution in [2.24, 2.45) is 5.73 Å². The van der Waals surface area contributed by atoms with E-state index < -0.39 is 11.6 Å². The molecule has 17 heavy (non-hydrogen) atoms. The van der Waals surface area contributed by atoms with Crippen molar-refractivity contribution in [1.82, 2.24) is 5.32 Å². The number of nitrogens with one attached hydrogen (secondary N) is 1. The van der Waals surface area contributed by atoms with E-state index in [1.54, 1.807) is 0 Å². The van der Waals surface area contributed by atoms with Gasteiger partial charge in [-0.05, 0) is 24.1 Å². The number of benzene rings is 1. The van der Waals surface area contributed by atoms with E-state index in [0.717, 1.165) is 6.07 Å². The van der Waals surface area contributed by atoms with Crippen molar-refractivity contribution in [1.29, 1.82) is 0 Å². The van der Waals surface area contributed by atoms with E-state index in [-0.39, 0.29) is 23.9 Å². The molecule has 0 heterocycles. The zero-order valence-electron chi connectivity index (χ0n) is 9.00. The van der Waals surface area contributed by atoms with Gasteiger partial charge < -0.3 is 11.1 Å². The maximum absolute atomic E-state index is 12.8. The molecule has 3 N–H and O–H groups in total. The van der Waals surface area contributed by atoms with Gasteiger partial charge in [-0.3, -0.25) is 4.79 Å². The molecule has 0 saturated heterocycles. The van der Waals surface area contributed by atoms with Crippen LogP contribution in [0, 0.1) is 11.6 Å². The number of amides is 1. The molecule has 1 amide bonds. The summed E-state index contributed by atoms with van der Waals surface area (Å²) in [5.74, 6) is -1.56. The molecule has 0 aromatic heterocycles. The van der Waals surface area contributed by atoms with Crippen LogP contribution < -0.4 is 11.1 Å². The highest BCUT2D eigenvalue weighted by Crippen LogP contribution is 2.07. The van der Waals surface area contributed by atoms with E-state index in [1.165, 1.54) is 12.1 Å². The number of hydrogen-bond donors (Lipinski definition) is 2. The topological polar surface area (TPSA) is 55.1 Å². The summed E-state index contributed by atoms with van der Waals surface area (Å²) in [6, 6.07) is 3.25. The summed E-state index contributed by atoms with van der Waals surface area (Å²) in [6.07, 6.45) is 0.324. The van der Waals surface area contributed by atoms with Crippen molar-refractivity contribution in [3.63, 3.8) is 0 Å². The molecule has 0 unspecified atom stereocenters. The molecule has 3 nitrogen and oxygen atoms in total. The number of hydrogen-bond acceptors (Lipinski definition) is 2. The number of nitrogens with two attached hydrogens (primary N) is 1. The molecule has 0 aliphatic rings. The Balaban J connectivity index is 2.40. The molecule has 1 rings (SSSR count). The molecular weight excluding hydrogens is 246 g/mol. The molecule has 6 heteroatoms. The van der Waals surface area contributed by atoms with Crippen LogP contribution in [0.3, 0.4) is 0 Å². The number of carbonyl (C=O) groups excluding carboxylic acids is 1. The predicted octanol–water partition coefficient (Wildman–Crippen LogP) is 1.30. The molecule has 0 saturated carbocycles. The summed E-state index contributed by atoms with van der Waals surface area (Å²) in [6.45, 7) is 0.282. The molecule has 0 spiro atoms. The minimum atomic E-state index is -0.630. The first kappa shape index (κ1) is 13.5. The van der Waals surface area contributed by atoms with Crippen molar-refractivity contribution < 1.29 is 13.6 Å². The van der Waals surface area contributed by atoms with Gasteiger partial charge in [0.15, 0.2) is 0 Å². The van der Waals surface area contributed by atoms with Crippen molar-refractivity contribution in [2.75, 3.05) is 6.54 Å². The highest BCUT2D eigenvalue weighted by molar-refractivity contribution is 7.80. The molecule has 0 fully saturated rings. The van der Waals surface area contributed by atoms with E-state index in [2.05, 4.69) is 17.5 Å². The third-order valence-corrected chi connectivity index (χ3v) is 2.14. The fourth-order valence-corrected chi connectivity index (χ4v) is 1.45. The molecule has 92 valence electrons. The van der Waals surface area contributed by atoms with Crippen LogP contribution in [0.25, 0.3) is 0 Å². The van der Waals surface area contributed by atoms with Crippen LogP contribution in [-0.2, 0) is 11.2 Å². The van der Waals surface area contributed by atoms with Gasteiger partial charge in [0.2, 0.25) is 5.91 Å². The zero-order valence-corrected chi connectivity index (χ0v) is 9.82. The quantitative estimate of drug-likeness (QED) is 0.783. The van der Waals surface area contributed by atoms with Gasteiger partial charge in [-0.15, -0.1) is 0 Å². The van der Waals surface area contributed by atoms with Gasteiger partial charge in [-0.25, -0.2) is 8.78 Å². The smallest absolute Gasteiger partial charge is 0.226 e. The van der Waals surface area contributed by atoms with Crippen molar-refractivity contribution in [2.45, 2.75) is 12.8 Å². The number of thiocarbonyl (C=S) groups is 1. The molecule has 1 aromatic carbocycles. The molecule has 0 radical (unpaired) electrons. The van der Waals surface area contributed by atoms with Crippen LogP contribution in [-0.4, -0.2) is 17.4 Å². The average Bonchev–Trinajstić information content (AvgIpc) is 2.14. The Morgan fingerprint density at radius 1 is 1.29 bits per heavy atom. The number of rotatable bonds is 5. The third-order valence-electron chi connectivity index (χ3n) is 1.99. The van der Waals surface area contributed by atoms with Crippen LogP contribution in [0.2, 0.25) is 0 Å². The summed E-state index contributed by atoms with van der Waals surface area (Å²) < 4.78 is 25.6. The molecule has 0 aliphatic heterocycles. The first-order chi connectivity index (χ1) is 7.97. The van der Waals surface area contributed by atoms with Crippen LogP contribution in [0.15, 0.2) is 18.2 Å². The predicted molar refractivity (Wildman–Crippen MR) is 64.5 cm³/mol. The lowest BCUT2D eigenvalue weighted by atomic mass is 10.1. The number of halogens is 2. The maximum Gasteiger partial charge on any atom is 0.226 e. The average molecular weight is 258 g/mol. The summed E-state index contributed by atoms with van der Waals surface area (Å²) >= 11 is 4.57. The van der Waals surface area contributed by atoms with E-state index >= 15 is 0 Å².